The summed E-state index contributed by atoms with van der Waals surface area (Å²) in [5.41, 5.74) is 2.25. The van der Waals surface area contributed by atoms with Gasteiger partial charge in [-0.05, 0) is 63.9 Å². The second kappa shape index (κ2) is 9.41. The van der Waals surface area contributed by atoms with Gasteiger partial charge < -0.3 is 4.90 Å². The van der Waals surface area contributed by atoms with Gasteiger partial charge in [-0.25, -0.2) is 0 Å². The lowest BCUT2D eigenvalue weighted by Gasteiger charge is -2.15. The fourth-order valence-electron chi connectivity index (χ4n) is 1.69. The maximum atomic E-state index is 4.06. The summed E-state index contributed by atoms with van der Waals surface area (Å²) < 4.78 is 0. The van der Waals surface area contributed by atoms with E-state index in [1.165, 1.54) is 37.9 Å². The van der Waals surface area contributed by atoms with Gasteiger partial charge in [0.25, 0.3) is 0 Å². The topological polar surface area (TPSA) is 3.24 Å². The largest absolute Gasteiger partial charge is 0.306 e. The highest BCUT2D eigenvalue weighted by molar-refractivity contribution is 5.34. The SMILES string of the molecule is C=C(/C=C/C)C(=C)CCCCN(C)CCC. The zero-order valence-corrected chi connectivity index (χ0v) is 11.3. The van der Waals surface area contributed by atoms with Gasteiger partial charge in [0.05, 0.1) is 0 Å². The molecule has 0 aromatic heterocycles. The van der Waals surface area contributed by atoms with Crippen molar-refractivity contribution in [2.75, 3.05) is 20.1 Å². The van der Waals surface area contributed by atoms with E-state index in [0.717, 1.165) is 12.0 Å². The number of allylic oxidation sites excluding steroid dienone is 4. The molecular weight excluding hydrogens is 194 g/mol. The van der Waals surface area contributed by atoms with Crippen molar-refractivity contribution < 1.29 is 0 Å². The fraction of sp³-hybridized carbons (Fsp3) is 0.600. The molecule has 0 saturated heterocycles. The molecular formula is C15H27N. The second-order valence-corrected chi connectivity index (χ2v) is 4.39. The molecule has 0 fully saturated rings. The molecule has 0 heterocycles. The monoisotopic (exact) mass is 221 g/mol. The fourth-order valence-corrected chi connectivity index (χ4v) is 1.69. The van der Waals surface area contributed by atoms with Crippen molar-refractivity contribution >= 4 is 0 Å². The molecule has 0 saturated carbocycles. The highest BCUT2D eigenvalue weighted by Gasteiger charge is 1.99. The van der Waals surface area contributed by atoms with E-state index in [2.05, 4.69) is 32.0 Å². The first-order valence-corrected chi connectivity index (χ1v) is 6.30. The van der Waals surface area contributed by atoms with E-state index in [1.54, 1.807) is 0 Å². The van der Waals surface area contributed by atoms with Crippen molar-refractivity contribution in [3.8, 4) is 0 Å². The molecule has 0 radical (unpaired) electrons. The minimum absolute atomic E-state index is 1.07. The van der Waals surface area contributed by atoms with Crippen molar-refractivity contribution in [3.63, 3.8) is 0 Å². The third kappa shape index (κ3) is 7.47. The Morgan fingerprint density at radius 1 is 1.19 bits per heavy atom. The molecule has 0 unspecified atom stereocenters. The minimum Gasteiger partial charge on any atom is -0.306 e. The highest BCUT2D eigenvalue weighted by Crippen LogP contribution is 2.14. The summed E-state index contributed by atoms with van der Waals surface area (Å²) in [6.07, 6.45) is 8.82. The molecule has 0 aromatic carbocycles. The van der Waals surface area contributed by atoms with Crippen molar-refractivity contribution in [1.82, 2.24) is 4.90 Å². The molecule has 92 valence electrons. The Balaban J connectivity index is 3.59. The van der Waals surface area contributed by atoms with Crippen LogP contribution in [0.4, 0.5) is 0 Å². The van der Waals surface area contributed by atoms with E-state index < -0.39 is 0 Å². The van der Waals surface area contributed by atoms with Gasteiger partial charge >= 0.3 is 0 Å². The number of nitrogens with zero attached hydrogens (tertiary/aromatic N) is 1. The second-order valence-electron chi connectivity index (χ2n) is 4.39. The van der Waals surface area contributed by atoms with E-state index in [9.17, 15) is 0 Å². The molecule has 0 aliphatic rings. The lowest BCUT2D eigenvalue weighted by atomic mass is 10.0. The van der Waals surface area contributed by atoms with Gasteiger partial charge in [0.1, 0.15) is 0 Å². The third-order valence-corrected chi connectivity index (χ3v) is 2.70. The predicted octanol–water partition coefficient (Wildman–Crippen LogP) is 4.19. The first-order chi connectivity index (χ1) is 7.61. The van der Waals surface area contributed by atoms with Gasteiger partial charge in [0, 0.05) is 0 Å². The molecule has 0 N–H and O–H groups in total. The summed E-state index contributed by atoms with van der Waals surface area (Å²) >= 11 is 0. The normalized spacial score (nSPS) is 11.2. The van der Waals surface area contributed by atoms with Gasteiger partial charge in [-0.2, -0.15) is 0 Å². The Labute approximate surface area is 102 Å². The Morgan fingerprint density at radius 3 is 2.44 bits per heavy atom. The van der Waals surface area contributed by atoms with Crippen LogP contribution in [-0.4, -0.2) is 25.0 Å². The molecule has 0 aliphatic heterocycles. The standard InChI is InChI=1S/C15H27N/c1-6-10-14(3)15(4)11-8-9-13-16(5)12-7-2/h6,10H,3-4,7-9,11-13H2,1-2,5H3/b10-6+. The molecule has 0 rings (SSSR count). The maximum absolute atomic E-state index is 4.06. The zero-order valence-electron chi connectivity index (χ0n) is 11.3. The minimum atomic E-state index is 1.07. The van der Waals surface area contributed by atoms with Crippen LogP contribution in [-0.2, 0) is 0 Å². The molecule has 1 heteroatoms. The summed E-state index contributed by atoms with van der Waals surface area (Å²) in [5, 5.41) is 0. The van der Waals surface area contributed by atoms with Gasteiger partial charge in [-0.3, -0.25) is 0 Å². The average Bonchev–Trinajstić information content (AvgIpc) is 2.24. The van der Waals surface area contributed by atoms with Crippen molar-refractivity contribution in [1.29, 1.82) is 0 Å². The number of unbranched alkanes of at least 4 members (excludes halogenated alkanes) is 1. The molecule has 0 amide bonds. The van der Waals surface area contributed by atoms with Gasteiger partial charge in [-0.1, -0.05) is 32.2 Å². The zero-order chi connectivity index (χ0) is 12.4. The van der Waals surface area contributed by atoms with E-state index in [4.69, 9.17) is 0 Å². The molecule has 1 nitrogen and oxygen atoms in total. The highest BCUT2D eigenvalue weighted by atomic mass is 15.1. The summed E-state index contributed by atoms with van der Waals surface area (Å²) in [6, 6.07) is 0. The van der Waals surface area contributed by atoms with E-state index in [1.807, 2.05) is 19.1 Å². The van der Waals surface area contributed by atoms with E-state index >= 15 is 0 Å². The molecule has 16 heavy (non-hydrogen) atoms. The predicted molar refractivity (Wildman–Crippen MR) is 74.7 cm³/mol. The number of hydrogen-bond donors (Lipinski definition) is 0. The van der Waals surface area contributed by atoms with Gasteiger partial charge in [0.2, 0.25) is 0 Å². The van der Waals surface area contributed by atoms with E-state index in [0.29, 0.717) is 0 Å². The Kier molecular flexibility index (Phi) is 8.93. The Bertz CT molecular complexity index is 238. The van der Waals surface area contributed by atoms with Gasteiger partial charge in [0.15, 0.2) is 0 Å². The molecule has 0 aromatic rings. The summed E-state index contributed by atoms with van der Waals surface area (Å²) in [5.74, 6) is 0. The average molecular weight is 221 g/mol. The smallest absolute Gasteiger partial charge is 0.00217 e. The lowest BCUT2D eigenvalue weighted by Crippen LogP contribution is -2.20. The quantitative estimate of drug-likeness (QED) is 0.417. The summed E-state index contributed by atoms with van der Waals surface area (Å²) in [4.78, 5) is 2.39. The molecule has 0 aliphatic carbocycles. The molecule has 0 spiro atoms. The van der Waals surface area contributed by atoms with Crippen LogP contribution in [0.3, 0.4) is 0 Å². The first kappa shape index (κ1) is 15.2. The summed E-state index contributed by atoms with van der Waals surface area (Å²) in [6.45, 7) is 14.7. The maximum Gasteiger partial charge on any atom is -0.00217 e. The molecule has 0 bridgehead atoms. The van der Waals surface area contributed by atoms with E-state index in [-0.39, 0.29) is 0 Å². The third-order valence-electron chi connectivity index (χ3n) is 2.70. The number of hydrogen-bond acceptors (Lipinski definition) is 1. The van der Waals surface area contributed by atoms with Crippen LogP contribution in [0.2, 0.25) is 0 Å². The van der Waals surface area contributed by atoms with Crippen LogP contribution in [0, 0.1) is 0 Å². The van der Waals surface area contributed by atoms with Crippen LogP contribution in [0.15, 0.2) is 36.5 Å². The van der Waals surface area contributed by atoms with Crippen LogP contribution in [0.25, 0.3) is 0 Å². The van der Waals surface area contributed by atoms with Crippen molar-refractivity contribution in [2.24, 2.45) is 0 Å². The van der Waals surface area contributed by atoms with Crippen LogP contribution in [0.1, 0.15) is 39.5 Å². The van der Waals surface area contributed by atoms with Crippen LogP contribution < -0.4 is 0 Å². The van der Waals surface area contributed by atoms with Crippen molar-refractivity contribution in [3.05, 3.63) is 36.5 Å². The lowest BCUT2D eigenvalue weighted by molar-refractivity contribution is 0.327. The number of rotatable bonds is 9. The Hall–Kier alpha value is -0.820. The van der Waals surface area contributed by atoms with Crippen molar-refractivity contribution in [2.45, 2.75) is 39.5 Å². The first-order valence-electron chi connectivity index (χ1n) is 6.30. The van der Waals surface area contributed by atoms with Crippen LogP contribution >= 0.6 is 0 Å². The Morgan fingerprint density at radius 2 is 1.88 bits per heavy atom. The van der Waals surface area contributed by atoms with Gasteiger partial charge in [-0.15, -0.1) is 0 Å². The van der Waals surface area contributed by atoms with Crippen LogP contribution in [0.5, 0.6) is 0 Å². The molecule has 0 atom stereocenters. The summed E-state index contributed by atoms with van der Waals surface area (Å²) in [7, 11) is 2.19.